The van der Waals surface area contributed by atoms with Crippen LogP contribution in [0.3, 0.4) is 0 Å². The second kappa shape index (κ2) is 5.83. The van der Waals surface area contributed by atoms with E-state index >= 15 is 0 Å². The van der Waals surface area contributed by atoms with Crippen molar-refractivity contribution in [3.63, 3.8) is 0 Å². The molecule has 0 bridgehead atoms. The maximum absolute atomic E-state index is 12.7. The summed E-state index contributed by atoms with van der Waals surface area (Å²) in [5.74, 6) is -1.15. The zero-order valence-corrected chi connectivity index (χ0v) is 15.6. The number of carbonyl (C=O) groups is 2. The zero-order valence-electron chi connectivity index (χ0n) is 10.5. The number of amides is 2. The fraction of sp³-hybridized carbons (Fsp3) is 0. The molecule has 22 heavy (non-hydrogen) atoms. The van der Waals surface area contributed by atoms with E-state index in [0.717, 1.165) is 8.47 Å². The van der Waals surface area contributed by atoms with E-state index in [1.807, 2.05) is 22.6 Å². The van der Waals surface area contributed by atoms with E-state index in [9.17, 15) is 9.59 Å². The smallest absolute Gasteiger partial charge is 0.267 e. The Morgan fingerprint density at radius 2 is 1.23 bits per heavy atom. The van der Waals surface area contributed by atoms with E-state index in [1.165, 1.54) is 0 Å². The Morgan fingerprint density at radius 1 is 0.773 bits per heavy atom. The third kappa shape index (κ3) is 2.24. The van der Waals surface area contributed by atoms with Crippen LogP contribution in [-0.2, 0) is 0 Å². The lowest BCUT2D eigenvalue weighted by Gasteiger charge is -2.15. The van der Waals surface area contributed by atoms with Gasteiger partial charge in [0.15, 0.2) is 0 Å². The van der Waals surface area contributed by atoms with Crippen LogP contribution in [0.1, 0.15) is 20.7 Å². The molecule has 0 saturated heterocycles. The maximum atomic E-state index is 12.7. The van der Waals surface area contributed by atoms with Crippen LogP contribution in [0, 0.1) is 3.57 Å². The predicted octanol–water partition coefficient (Wildman–Crippen LogP) is 5.71. The summed E-state index contributed by atoms with van der Waals surface area (Å²) in [4.78, 5) is 26.3. The van der Waals surface area contributed by atoms with Gasteiger partial charge < -0.3 is 0 Å². The molecule has 1 aliphatic rings. The van der Waals surface area contributed by atoms with Crippen molar-refractivity contribution in [3.8, 4) is 0 Å². The number of fused-ring (bicyclic) bond motifs is 1. The summed E-state index contributed by atoms with van der Waals surface area (Å²) in [6.45, 7) is 0. The van der Waals surface area contributed by atoms with Crippen LogP contribution in [0.25, 0.3) is 0 Å². The molecule has 8 heteroatoms. The van der Waals surface area contributed by atoms with Gasteiger partial charge in [-0.15, -0.1) is 0 Å². The summed E-state index contributed by atoms with van der Waals surface area (Å²) >= 11 is 26.2. The molecule has 2 aromatic rings. The zero-order chi connectivity index (χ0) is 16.2. The van der Waals surface area contributed by atoms with Gasteiger partial charge in [-0.2, -0.15) is 0 Å². The van der Waals surface area contributed by atoms with Crippen LogP contribution in [0.5, 0.6) is 0 Å². The van der Waals surface area contributed by atoms with Crippen LogP contribution in [0.15, 0.2) is 24.3 Å². The van der Waals surface area contributed by atoms with Crippen molar-refractivity contribution in [2.75, 3.05) is 4.90 Å². The Morgan fingerprint density at radius 3 is 1.68 bits per heavy atom. The van der Waals surface area contributed by atoms with Crippen molar-refractivity contribution in [1.82, 2.24) is 0 Å². The first kappa shape index (κ1) is 16.3. The molecule has 2 amide bonds. The lowest BCUT2D eigenvalue weighted by molar-refractivity contribution is 0.0926. The number of imide groups is 1. The van der Waals surface area contributed by atoms with Crippen LogP contribution in [0.4, 0.5) is 5.69 Å². The molecule has 3 rings (SSSR count). The molecular formula is C14H4Cl4INO2. The molecule has 1 aliphatic heterocycles. The second-order valence-electron chi connectivity index (χ2n) is 4.40. The van der Waals surface area contributed by atoms with Crippen molar-refractivity contribution >= 4 is 86.5 Å². The summed E-state index contributed by atoms with van der Waals surface area (Å²) < 4.78 is 0.735. The minimum absolute atomic E-state index is 0.0225. The topological polar surface area (TPSA) is 37.4 Å². The minimum Gasteiger partial charge on any atom is -0.268 e. The number of hydrogen-bond acceptors (Lipinski definition) is 2. The van der Waals surface area contributed by atoms with Crippen LogP contribution in [0.2, 0.25) is 20.1 Å². The van der Waals surface area contributed by atoms with Gasteiger partial charge in [-0.05, 0) is 34.7 Å². The summed E-state index contributed by atoms with van der Waals surface area (Å²) in [6.07, 6.45) is 0. The normalized spacial score (nSPS) is 13.8. The average Bonchev–Trinajstić information content (AvgIpc) is 2.75. The molecule has 0 aromatic heterocycles. The van der Waals surface area contributed by atoms with Crippen LogP contribution in [-0.4, -0.2) is 11.8 Å². The van der Waals surface area contributed by atoms with Crippen molar-refractivity contribution < 1.29 is 9.59 Å². The number of nitrogens with zero attached hydrogens (tertiary/aromatic N) is 1. The number of para-hydroxylation sites is 1. The second-order valence-corrected chi connectivity index (χ2v) is 7.08. The molecule has 2 aromatic carbocycles. The highest BCUT2D eigenvalue weighted by Gasteiger charge is 2.42. The standard InChI is InChI=1S/C14H4Cl4INO2/c15-9-7-8(10(16)12(18)11(9)17)14(22)20(13(7)21)6-4-2-1-3-5(6)19/h1-4H. The molecular weight excluding hydrogens is 483 g/mol. The van der Waals surface area contributed by atoms with Gasteiger partial charge in [0, 0.05) is 3.57 Å². The Kier molecular flexibility index (Phi) is 4.33. The number of hydrogen-bond donors (Lipinski definition) is 0. The van der Waals surface area contributed by atoms with E-state index in [0.29, 0.717) is 5.69 Å². The first-order valence-corrected chi connectivity index (χ1v) is 8.44. The summed E-state index contributed by atoms with van der Waals surface area (Å²) in [5, 5.41) is -0.230. The van der Waals surface area contributed by atoms with Crippen LogP contribution >= 0.6 is 69.0 Å². The van der Waals surface area contributed by atoms with Gasteiger partial charge in [0.05, 0.1) is 36.9 Å². The van der Waals surface area contributed by atoms with Crippen molar-refractivity contribution in [1.29, 1.82) is 0 Å². The van der Waals surface area contributed by atoms with E-state index in [2.05, 4.69) is 0 Å². The molecule has 0 fully saturated rings. The van der Waals surface area contributed by atoms with E-state index in [-0.39, 0.29) is 31.2 Å². The fourth-order valence-corrected chi connectivity index (χ4v) is 3.84. The van der Waals surface area contributed by atoms with Gasteiger partial charge in [-0.25, -0.2) is 4.90 Å². The monoisotopic (exact) mass is 485 g/mol. The van der Waals surface area contributed by atoms with E-state index in [4.69, 9.17) is 46.4 Å². The van der Waals surface area contributed by atoms with E-state index in [1.54, 1.807) is 24.3 Å². The van der Waals surface area contributed by atoms with Gasteiger partial charge in [0.25, 0.3) is 11.8 Å². The number of halogens is 5. The molecule has 3 nitrogen and oxygen atoms in total. The van der Waals surface area contributed by atoms with Crippen LogP contribution < -0.4 is 4.90 Å². The molecule has 0 aliphatic carbocycles. The predicted molar refractivity (Wildman–Crippen MR) is 96.8 cm³/mol. The SMILES string of the molecule is O=C1c2c(Cl)c(Cl)c(Cl)c(Cl)c2C(=O)N1c1ccccc1I. The van der Waals surface area contributed by atoms with Crippen molar-refractivity contribution in [2.45, 2.75) is 0 Å². The molecule has 0 N–H and O–H groups in total. The van der Waals surface area contributed by atoms with Gasteiger partial charge in [-0.3, -0.25) is 9.59 Å². The van der Waals surface area contributed by atoms with E-state index < -0.39 is 11.8 Å². The molecule has 0 radical (unpaired) electrons. The Balaban J connectivity index is 2.29. The molecule has 0 spiro atoms. The molecule has 1 heterocycles. The van der Waals surface area contributed by atoms with Gasteiger partial charge >= 0.3 is 0 Å². The average molecular weight is 487 g/mol. The third-order valence-corrected chi connectivity index (χ3v) is 5.91. The lowest BCUT2D eigenvalue weighted by atomic mass is 10.1. The first-order valence-electron chi connectivity index (χ1n) is 5.85. The Hall–Kier alpha value is -0.530. The number of benzene rings is 2. The summed E-state index contributed by atoms with van der Waals surface area (Å²) in [5.41, 5.74) is 0.408. The quantitative estimate of drug-likeness (QED) is 0.224. The minimum atomic E-state index is -0.574. The van der Waals surface area contributed by atoms with Gasteiger partial charge in [0.1, 0.15) is 0 Å². The molecule has 0 atom stereocenters. The Bertz CT molecular complexity index is 806. The molecule has 0 unspecified atom stereocenters. The number of carbonyl (C=O) groups excluding carboxylic acids is 2. The first-order chi connectivity index (χ1) is 10.4. The number of rotatable bonds is 1. The number of anilines is 1. The third-order valence-electron chi connectivity index (χ3n) is 3.19. The van der Waals surface area contributed by atoms with Gasteiger partial charge in [0.2, 0.25) is 0 Å². The maximum Gasteiger partial charge on any atom is 0.267 e. The highest BCUT2D eigenvalue weighted by Crippen LogP contribution is 2.46. The van der Waals surface area contributed by atoms with Gasteiger partial charge in [-0.1, -0.05) is 58.5 Å². The summed E-state index contributed by atoms with van der Waals surface area (Å²) in [7, 11) is 0. The largest absolute Gasteiger partial charge is 0.268 e. The fourth-order valence-electron chi connectivity index (χ4n) is 2.20. The lowest BCUT2D eigenvalue weighted by Crippen LogP contribution is -2.30. The Labute approximate surface area is 159 Å². The highest BCUT2D eigenvalue weighted by atomic mass is 127. The van der Waals surface area contributed by atoms with Crippen molar-refractivity contribution in [2.24, 2.45) is 0 Å². The summed E-state index contributed by atoms with van der Waals surface area (Å²) in [6, 6.07) is 6.97. The van der Waals surface area contributed by atoms with Crippen molar-refractivity contribution in [3.05, 3.63) is 59.1 Å². The molecule has 112 valence electrons. The molecule has 0 saturated carbocycles. The highest BCUT2D eigenvalue weighted by molar-refractivity contribution is 14.1.